The van der Waals surface area contributed by atoms with Gasteiger partial charge in [-0.25, -0.2) is 0 Å². The van der Waals surface area contributed by atoms with Gasteiger partial charge in [-0.1, -0.05) is 30.3 Å². The molecular weight excluding hydrogens is 384 g/mol. The lowest BCUT2D eigenvalue weighted by Crippen LogP contribution is -2.62. The van der Waals surface area contributed by atoms with Crippen molar-refractivity contribution in [2.45, 2.75) is 58.1 Å². The van der Waals surface area contributed by atoms with E-state index in [0.29, 0.717) is 0 Å². The van der Waals surface area contributed by atoms with Gasteiger partial charge in [0.25, 0.3) is 0 Å². The smallest absolute Gasteiger partial charge is 0.303 e. The van der Waals surface area contributed by atoms with Crippen molar-refractivity contribution in [2.75, 3.05) is 13.7 Å². The molecule has 9 heteroatoms. The summed E-state index contributed by atoms with van der Waals surface area (Å²) >= 11 is 0. The zero-order valence-electron chi connectivity index (χ0n) is 16.9. The quantitative estimate of drug-likeness (QED) is 0.464. The first kappa shape index (κ1) is 22.8. The van der Waals surface area contributed by atoms with Crippen LogP contribution in [-0.2, 0) is 49.4 Å². The van der Waals surface area contributed by atoms with E-state index in [-0.39, 0.29) is 13.2 Å². The van der Waals surface area contributed by atoms with E-state index in [1.165, 1.54) is 27.9 Å². The van der Waals surface area contributed by atoms with Crippen LogP contribution in [0.15, 0.2) is 30.3 Å². The Morgan fingerprint density at radius 2 is 1.52 bits per heavy atom. The van der Waals surface area contributed by atoms with Crippen molar-refractivity contribution in [3.8, 4) is 0 Å². The second-order valence-electron chi connectivity index (χ2n) is 6.49. The third-order valence-corrected chi connectivity index (χ3v) is 4.16. The molecule has 0 bridgehead atoms. The van der Waals surface area contributed by atoms with E-state index in [9.17, 15) is 14.4 Å². The molecule has 29 heavy (non-hydrogen) atoms. The third kappa shape index (κ3) is 6.81. The molecule has 0 spiro atoms. The zero-order valence-corrected chi connectivity index (χ0v) is 16.9. The normalized spacial score (nSPS) is 26.4. The Balaban J connectivity index is 2.31. The fourth-order valence-corrected chi connectivity index (χ4v) is 3.01. The minimum absolute atomic E-state index is 0.164. The standard InChI is InChI=1S/C20H26O9/c1-12(21)25-11-16-17(27-13(2)22)18(26-10-15-8-6-5-7-9-15)19(28-14(3)23)20(24-4)29-16/h5-9,16-20H,10-11H2,1-4H3/t16-,17+,18+,19-,20+/m1/s1. The summed E-state index contributed by atoms with van der Waals surface area (Å²) in [6, 6.07) is 9.32. The number of hydrogen-bond donors (Lipinski definition) is 0. The maximum atomic E-state index is 11.7. The lowest BCUT2D eigenvalue weighted by Gasteiger charge is -2.44. The van der Waals surface area contributed by atoms with Crippen molar-refractivity contribution < 1.29 is 42.8 Å². The van der Waals surface area contributed by atoms with Gasteiger partial charge in [-0.05, 0) is 5.56 Å². The lowest BCUT2D eigenvalue weighted by molar-refractivity contribution is -0.308. The van der Waals surface area contributed by atoms with Crippen LogP contribution >= 0.6 is 0 Å². The van der Waals surface area contributed by atoms with Gasteiger partial charge in [0.1, 0.15) is 18.8 Å². The lowest BCUT2D eigenvalue weighted by atomic mass is 9.98. The van der Waals surface area contributed by atoms with Crippen LogP contribution in [0.4, 0.5) is 0 Å². The largest absolute Gasteiger partial charge is 0.463 e. The molecule has 1 aromatic carbocycles. The summed E-state index contributed by atoms with van der Waals surface area (Å²) in [5.74, 6) is -1.68. The summed E-state index contributed by atoms with van der Waals surface area (Å²) in [5.41, 5.74) is 0.868. The van der Waals surface area contributed by atoms with Crippen LogP contribution in [-0.4, -0.2) is 62.3 Å². The highest BCUT2D eigenvalue weighted by molar-refractivity contribution is 5.67. The van der Waals surface area contributed by atoms with Crippen LogP contribution in [0.5, 0.6) is 0 Å². The Labute approximate surface area is 169 Å². The Hall–Kier alpha value is -2.49. The van der Waals surface area contributed by atoms with Gasteiger partial charge in [0.2, 0.25) is 0 Å². The molecule has 0 saturated carbocycles. The van der Waals surface area contributed by atoms with E-state index in [4.69, 9.17) is 28.4 Å². The number of carbonyl (C=O) groups excluding carboxylic acids is 3. The van der Waals surface area contributed by atoms with E-state index in [2.05, 4.69) is 0 Å². The Bertz CT molecular complexity index is 690. The number of carbonyl (C=O) groups is 3. The molecule has 0 aromatic heterocycles. The van der Waals surface area contributed by atoms with Crippen molar-refractivity contribution in [1.82, 2.24) is 0 Å². The molecule has 0 radical (unpaired) electrons. The Kier molecular flexibility index (Phi) is 8.56. The van der Waals surface area contributed by atoms with Gasteiger partial charge < -0.3 is 28.4 Å². The Morgan fingerprint density at radius 3 is 2.07 bits per heavy atom. The molecule has 1 saturated heterocycles. The molecule has 0 amide bonds. The summed E-state index contributed by atoms with van der Waals surface area (Å²) in [6.45, 7) is 3.71. The summed E-state index contributed by atoms with van der Waals surface area (Å²) in [4.78, 5) is 34.6. The van der Waals surface area contributed by atoms with E-state index >= 15 is 0 Å². The zero-order chi connectivity index (χ0) is 21.4. The molecule has 160 valence electrons. The predicted octanol–water partition coefficient (Wildman–Crippen LogP) is 1.37. The van der Waals surface area contributed by atoms with Gasteiger partial charge in [-0.3, -0.25) is 14.4 Å². The number of methoxy groups -OCH3 is 1. The SMILES string of the molecule is CO[C@H]1O[C@H](COC(C)=O)[C@H](OC(C)=O)[C@H](OCc2ccccc2)[C@H]1OC(C)=O. The molecule has 2 rings (SSSR count). The summed E-state index contributed by atoms with van der Waals surface area (Å²) < 4.78 is 32.9. The topological polar surface area (TPSA) is 107 Å². The van der Waals surface area contributed by atoms with Gasteiger partial charge >= 0.3 is 17.9 Å². The summed E-state index contributed by atoms with van der Waals surface area (Å²) in [7, 11) is 1.38. The van der Waals surface area contributed by atoms with Crippen molar-refractivity contribution in [2.24, 2.45) is 0 Å². The minimum Gasteiger partial charge on any atom is -0.463 e. The minimum atomic E-state index is -1.01. The highest BCUT2D eigenvalue weighted by Crippen LogP contribution is 2.30. The second kappa shape index (κ2) is 10.9. The highest BCUT2D eigenvalue weighted by atomic mass is 16.7. The van der Waals surface area contributed by atoms with Gasteiger partial charge in [-0.2, -0.15) is 0 Å². The third-order valence-electron chi connectivity index (χ3n) is 4.16. The van der Waals surface area contributed by atoms with Gasteiger partial charge in [-0.15, -0.1) is 0 Å². The predicted molar refractivity (Wildman–Crippen MR) is 98.4 cm³/mol. The van der Waals surface area contributed by atoms with E-state index in [1.807, 2.05) is 30.3 Å². The molecule has 0 aliphatic carbocycles. The number of rotatable bonds is 8. The van der Waals surface area contributed by atoms with Crippen LogP contribution in [0.1, 0.15) is 26.3 Å². The fraction of sp³-hybridized carbons (Fsp3) is 0.550. The van der Waals surface area contributed by atoms with Crippen molar-refractivity contribution in [3.05, 3.63) is 35.9 Å². The number of esters is 3. The van der Waals surface area contributed by atoms with Crippen molar-refractivity contribution >= 4 is 17.9 Å². The first-order valence-electron chi connectivity index (χ1n) is 9.13. The van der Waals surface area contributed by atoms with Crippen molar-refractivity contribution in [3.63, 3.8) is 0 Å². The van der Waals surface area contributed by atoms with Crippen LogP contribution < -0.4 is 0 Å². The van der Waals surface area contributed by atoms with E-state index in [1.54, 1.807) is 0 Å². The van der Waals surface area contributed by atoms with Crippen LogP contribution in [0.2, 0.25) is 0 Å². The molecule has 1 aliphatic rings. The molecule has 1 aromatic rings. The second-order valence-corrected chi connectivity index (χ2v) is 6.49. The average molecular weight is 410 g/mol. The molecular formula is C20H26O9. The van der Waals surface area contributed by atoms with Gasteiger partial charge in [0.05, 0.1) is 6.61 Å². The number of ether oxygens (including phenoxy) is 6. The van der Waals surface area contributed by atoms with Crippen LogP contribution in [0.25, 0.3) is 0 Å². The summed E-state index contributed by atoms with van der Waals surface area (Å²) in [6.07, 6.45) is -4.79. The maximum Gasteiger partial charge on any atom is 0.303 e. The molecule has 0 unspecified atom stereocenters. The van der Waals surface area contributed by atoms with Crippen LogP contribution in [0.3, 0.4) is 0 Å². The summed E-state index contributed by atoms with van der Waals surface area (Å²) in [5, 5.41) is 0. The van der Waals surface area contributed by atoms with Crippen LogP contribution in [0, 0.1) is 0 Å². The molecule has 0 N–H and O–H groups in total. The maximum absolute atomic E-state index is 11.7. The average Bonchev–Trinajstić information content (AvgIpc) is 2.66. The molecule has 9 nitrogen and oxygen atoms in total. The first-order chi connectivity index (χ1) is 13.8. The Morgan fingerprint density at radius 1 is 0.897 bits per heavy atom. The van der Waals surface area contributed by atoms with E-state index < -0.39 is 48.6 Å². The van der Waals surface area contributed by atoms with Gasteiger partial charge in [0, 0.05) is 27.9 Å². The van der Waals surface area contributed by atoms with Crippen molar-refractivity contribution in [1.29, 1.82) is 0 Å². The highest BCUT2D eigenvalue weighted by Gasteiger charge is 2.51. The molecule has 5 atom stereocenters. The fourth-order valence-electron chi connectivity index (χ4n) is 3.01. The van der Waals surface area contributed by atoms with Gasteiger partial charge in [0.15, 0.2) is 18.5 Å². The number of hydrogen-bond acceptors (Lipinski definition) is 9. The monoisotopic (exact) mass is 410 g/mol. The molecule has 1 heterocycles. The number of benzene rings is 1. The molecule has 1 aliphatic heterocycles. The van der Waals surface area contributed by atoms with E-state index in [0.717, 1.165) is 5.56 Å². The molecule has 1 fully saturated rings. The first-order valence-corrected chi connectivity index (χ1v) is 9.13.